The van der Waals surface area contributed by atoms with Crippen LogP contribution in [0.4, 0.5) is 10.1 Å². The minimum atomic E-state index is -0.394. The lowest BCUT2D eigenvalue weighted by atomic mass is 10.1. The van der Waals surface area contributed by atoms with Crippen LogP contribution in [-0.4, -0.2) is 7.11 Å². The summed E-state index contributed by atoms with van der Waals surface area (Å²) in [6.45, 7) is 0.477. The standard InChI is InChI=1S/C16H13ClFNO2/c1-20-15-8-10(6-7-13(15)18)19-9-12-11-4-2-3-5-14(11)21-16(12)17/h2-8,19H,9H2,1H3. The Labute approximate surface area is 126 Å². The molecule has 0 bridgehead atoms. The third kappa shape index (κ3) is 2.67. The summed E-state index contributed by atoms with van der Waals surface area (Å²) in [5.74, 6) is -0.196. The zero-order valence-corrected chi connectivity index (χ0v) is 12.1. The molecule has 0 fully saturated rings. The monoisotopic (exact) mass is 305 g/mol. The number of benzene rings is 2. The van der Waals surface area contributed by atoms with Crippen LogP contribution in [0.5, 0.6) is 5.75 Å². The first-order valence-corrected chi connectivity index (χ1v) is 6.80. The molecule has 1 heterocycles. The molecule has 21 heavy (non-hydrogen) atoms. The van der Waals surface area contributed by atoms with E-state index in [1.54, 1.807) is 12.1 Å². The average Bonchev–Trinajstić information content (AvgIpc) is 2.82. The molecule has 3 rings (SSSR count). The summed E-state index contributed by atoms with van der Waals surface area (Å²) in [5, 5.41) is 4.51. The lowest BCUT2D eigenvalue weighted by Gasteiger charge is -2.08. The SMILES string of the molecule is COc1cc(NCc2c(Cl)oc3ccccc23)ccc1F. The first-order valence-electron chi connectivity index (χ1n) is 6.42. The summed E-state index contributed by atoms with van der Waals surface area (Å²) in [4.78, 5) is 0. The summed E-state index contributed by atoms with van der Waals surface area (Å²) < 4.78 is 23.8. The number of furan rings is 1. The van der Waals surface area contributed by atoms with Crippen molar-refractivity contribution in [1.29, 1.82) is 0 Å². The molecule has 108 valence electrons. The van der Waals surface area contributed by atoms with E-state index in [9.17, 15) is 4.39 Å². The topological polar surface area (TPSA) is 34.4 Å². The molecule has 5 heteroatoms. The summed E-state index contributed by atoms with van der Waals surface area (Å²) >= 11 is 6.13. The van der Waals surface area contributed by atoms with Crippen molar-refractivity contribution in [2.75, 3.05) is 12.4 Å². The number of nitrogens with one attached hydrogen (secondary N) is 1. The van der Waals surface area contributed by atoms with Crippen molar-refractivity contribution in [3.05, 3.63) is 59.1 Å². The second kappa shape index (κ2) is 5.66. The highest BCUT2D eigenvalue weighted by atomic mass is 35.5. The normalized spacial score (nSPS) is 10.8. The molecular formula is C16H13ClFNO2. The van der Waals surface area contributed by atoms with Crippen LogP contribution < -0.4 is 10.1 Å². The molecule has 0 radical (unpaired) electrons. The van der Waals surface area contributed by atoms with E-state index in [1.807, 2.05) is 24.3 Å². The third-order valence-corrected chi connectivity index (χ3v) is 3.57. The second-order valence-corrected chi connectivity index (χ2v) is 4.90. The number of fused-ring (bicyclic) bond motifs is 1. The van der Waals surface area contributed by atoms with Gasteiger partial charge in [-0.3, -0.25) is 0 Å². The van der Waals surface area contributed by atoms with Gasteiger partial charge in [0, 0.05) is 29.2 Å². The van der Waals surface area contributed by atoms with Crippen molar-refractivity contribution in [1.82, 2.24) is 0 Å². The van der Waals surface area contributed by atoms with Crippen molar-refractivity contribution in [3.63, 3.8) is 0 Å². The van der Waals surface area contributed by atoms with Gasteiger partial charge in [-0.15, -0.1) is 0 Å². The molecule has 3 nitrogen and oxygen atoms in total. The van der Waals surface area contributed by atoms with E-state index in [0.717, 1.165) is 22.2 Å². The molecule has 0 amide bonds. The Morgan fingerprint density at radius 3 is 2.86 bits per heavy atom. The van der Waals surface area contributed by atoms with Crippen LogP contribution >= 0.6 is 11.6 Å². The van der Waals surface area contributed by atoms with Gasteiger partial charge in [0.1, 0.15) is 5.58 Å². The van der Waals surface area contributed by atoms with E-state index in [4.69, 9.17) is 20.8 Å². The smallest absolute Gasteiger partial charge is 0.199 e. The predicted molar refractivity (Wildman–Crippen MR) is 81.5 cm³/mol. The van der Waals surface area contributed by atoms with Gasteiger partial charge in [0.15, 0.2) is 16.8 Å². The van der Waals surface area contributed by atoms with E-state index >= 15 is 0 Å². The number of halogens is 2. The van der Waals surface area contributed by atoms with Crippen molar-refractivity contribution in [2.24, 2.45) is 0 Å². The maximum Gasteiger partial charge on any atom is 0.199 e. The summed E-state index contributed by atoms with van der Waals surface area (Å²) in [6.07, 6.45) is 0. The highest BCUT2D eigenvalue weighted by molar-refractivity contribution is 6.30. The van der Waals surface area contributed by atoms with Crippen molar-refractivity contribution >= 4 is 28.3 Å². The maximum atomic E-state index is 13.4. The first-order chi connectivity index (χ1) is 10.2. The van der Waals surface area contributed by atoms with Gasteiger partial charge >= 0.3 is 0 Å². The molecule has 1 N–H and O–H groups in total. The number of rotatable bonds is 4. The van der Waals surface area contributed by atoms with Crippen molar-refractivity contribution < 1.29 is 13.5 Å². The fourth-order valence-electron chi connectivity index (χ4n) is 2.19. The minimum Gasteiger partial charge on any atom is -0.494 e. The van der Waals surface area contributed by atoms with Gasteiger partial charge in [0.25, 0.3) is 0 Å². The van der Waals surface area contributed by atoms with E-state index in [1.165, 1.54) is 13.2 Å². The van der Waals surface area contributed by atoms with Gasteiger partial charge in [-0.1, -0.05) is 18.2 Å². The Hall–Kier alpha value is -2.20. The molecule has 2 aromatic carbocycles. The number of anilines is 1. The quantitative estimate of drug-likeness (QED) is 0.748. The molecule has 0 unspecified atom stereocenters. The Morgan fingerprint density at radius 1 is 1.24 bits per heavy atom. The van der Waals surface area contributed by atoms with Gasteiger partial charge in [-0.25, -0.2) is 4.39 Å². The molecule has 0 aliphatic carbocycles. The van der Waals surface area contributed by atoms with E-state index in [-0.39, 0.29) is 5.75 Å². The van der Waals surface area contributed by atoms with Crippen LogP contribution in [0.3, 0.4) is 0 Å². The molecular weight excluding hydrogens is 293 g/mol. The Balaban J connectivity index is 1.85. The van der Waals surface area contributed by atoms with E-state index in [2.05, 4.69) is 5.32 Å². The Morgan fingerprint density at radius 2 is 2.05 bits per heavy atom. The van der Waals surface area contributed by atoms with Crippen LogP contribution in [-0.2, 0) is 6.54 Å². The summed E-state index contributed by atoms with van der Waals surface area (Å²) in [5.41, 5.74) is 2.36. The predicted octanol–water partition coefficient (Wildman–Crippen LogP) is 4.85. The van der Waals surface area contributed by atoms with Crippen LogP contribution in [0.1, 0.15) is 5.56 Å². The number of hydrogen-bond acceptors (Lipinski definition) is 3. The van der Waals surface area contributed by atoms with Gasteiger partial charge in [-0.05, 0) is 29.8 Å². The zero-order valence-electron chi connectivity index (χ0n) is 11.3. The number of ether oxygens (including phenoxy) is 1. The van der Waals surface area contributed by atoms with Gasteiger partial charge in [0.05, 0.1) is 7.11 Å². The minimum absolute atomic E-state index is 0.197. The molecule has 0 saturated heterocycles. The van der Waals surface area contributed by atoms with Crippen LogP contribution in [0.25, 0.3) is 11.0 Å². The number of methoxy groups -OCH3 is 1. The lowest BCUT2D eigenvalue weighted by molar-refractivity contribution is 0.387. The Kier molecular flexibility index (Phi) is 3.71. The fraction of sp³-hybridized carbons (Fsp3) is 0.125. The van der Waals surface area contributed by atoms with E-state index in [0.29, 0.717) is 11.8 Å². The molecule has 0 aliphatic rings. The summed E-state index contributed by atoms with van der Waals surface area (Å²) in [6, 6.07) is 12.2. The van der Waals surface area contributed by atoms with Gasteiger partial charge < -0.3 is 14.5 Å². The average molecular weight is 306 g/mol. The number of para-hydroxylation sites is 1. The van der Waals surface area contributed by atoms with Crippen LogP contribution in [0.15, 0.2) is 46.9 Å². The molecule has 1 aromatic heterocycles. The van der Waals surface area contributed by atoms with E-state index < -0.39 is 5.82 Å². The fourth-order valence-corrected chi connectivity index (χ4v) is 2.45. The lowest BCUT2D eigenvalue weighted by Crippen LogP contribution is -2.00. The van der Waals surface area contributed by atoms with Crippen molar-refractivity contribution in [3.8, 4) is 5.75 Å². The highest BCUT2D eigenvalue weighted by Crippen LogP contribution is 2.30. The van der Waals surface area contributed by atoms with Gasteiger partial charge in [-0.2, -0.15) is 0 Å². The zero-order chi connectivity index (χ0) is 14.8. The van der Waals surface area contributed by atoms with Crippen molar-refractivity contribution in [2.45, 2.75) is 6.54 Å². The molecule has 3 aromatic rings. The largest absolute Gasteiger partial charge is 0.494 e. The molecule has 0 spiro atoms. The second-order valence-electron chi connectivity index (χ2n) is 4.55. The van der Waals surface area contributed by atoms with Crippen LogP contribution in [0, 0.1) is 5.82 Å². The third-order valence-electron chi connectivity index (χ3n) is 3.27. The van der Waals surface area contributed by atoms with Crippen LogP contribution in [0.2, 0.25) is 5.22 Å². The Bertz CT molecular complexity index is 785. The molecule has 0 atom stereocenters. The van der Waals surface area contributed by atoms with Gasteiger partial charge in [0.2, 0.25) is 0 Å². The number of hydrogen-bond donors (Lipinski definition) is 1. The maximum absolute atomic E-state index is 13.4. The molecule has 0 aliphatic heterocycles. The first kappa shape index (κ1) is 13.8. The highest BCUT2D eigenvalue weighted by Gasteiger charge is 2.12. The molecule has 0 saturated carbocycles. The summed E-state index contributed by atoms with van der Waals surface area (Å²) in [7, 11) is 1.43.